The van der Waals surface area contributed by atoms with Gasteiger partial charge in [-0.05, 0) is 54.2 Å². The molecule has 3 rings (SSSR count). The molecule has 0 aliphatic carbocycles. The summed E-state index contributed by atoms with van der Waals surface area (Å²) in [5.74, 6) is 0.00977. The van der Waals surface area contributed by atoms with Gasteiger partial charge in [0.25, 0.3) is 0 Å². The Morgan fingerprint density at radius 1 is 1.19 bits per heavy atom. The third-order valence-corrected chi connectivity index (χ3v) is 5.04. The second kappa shape index (κ2) is 7.79. The van der Waals surface area contributed by atoms with Gasteiger partial charge >= 0.3 is 0 Å². The summed E-state index contributed by atoms with van der Waals surface area (Å²) in [5.41, 5.74) is 7.69. The van der Waals surface area contributed by atoms with Gasteiger partial charge < -0.3 is 15.7 Å². The van der Waals surface area contributed by atoms with E-state index in [1.165, 1.54) is 6.07 Å². The second-order valence-corrected chi connectivity index (χ2v) is 7.13. The first-order chi connectivity index (χ1) is 12.4. The third kappa shape index (κ3) is 4.35. The quantitative estimate of drug-likeness (QED) is 0.846. The molecule has 26 heavy (non-hydrogen) atoms. The zero-order valence-corrected chi connectivity index (χ0v) is 15.1. The molecule has 3 N–H and O–H groups in total. The number of nitrogens with two attached hydrogens (primary N) is 1. The zero-order valence-electron chi connectivity index (χ0n) is 14.3. The fourth-order valence-corrected chi connectivity index (χ4v) is 3.56. The summed E-state index contributed by atoms with van der Waals surface area (Å²) >= 11 is 5.90. The minimum absolute atomic E-state index is 0.0160. The van der Waals surface area contributed by atoms with Crippen LogP contribution in [0.2, 0.25) is 5.02 Å². The van der Waals surface area contributed by atoms with Gasteiger partial charge in [0.05, 0.1) is 11.4 Å². The number of amides is 2. The molecule has 2 aromatic carbocycles. The normalized spacial score (nSPS) is 16.7. The van der Waals surface area contributed by atoms with Gasteiger partial charge in [0, 0.05) is 18.7 Å². The summed E-state index contributed by atoms with van der Waals surface area (Å²) in [6.45, 7) is 1.43. The first-order valence-electron chi connectivity index (χ1n) is 8.56. The van der Waals surface area contributed by atoms with Crippen LogP contribution in [-0.2, 0) is 17.6 Å². The summed E-state index contributed by atoms with van der Waals surface area (Å²) in [4.78, 5) is 25.7. The maximum atomic E-state index is 12.5. The van der Waals surface area contributed by atoms with Crippen molar-refractivity contribution < 1.29 is 14.7 Å². The fraction of sp³-hybridized carbons (Fsp3) is 0.300. The lowest BCUT2D eigenvalue weighted by molar-refractivity contribution is -0.129. The van der Waals surface area contributed by atoms with Crippen LogP contribution in [0.25, 0.3) is 0 Å². The van der Waals surface area contributed by atoms with Crippen LogP contribution in [-0.4, -0.2) is 34.9 Å². The Bertz CT molecular complexity index is 838. The van der Waals surface area contributed by atoms with Gasteiger partial charge in [-0.15, -0.1) is 0 Å². The van der Waals surface area contributed by atoms with Crippen LogP contribution in [0.5, 0.6) is 5.75 Å². The highest BCUT2D eigenvalue weighted by Gasteiger charge is 2.26. The number of aromatic hydroxyl groups is 1. The molecule has 2 amide bonds. The SMILES string of the molecule is NC(=O)c1cccc(CC2CCN(C(=O)Cc3ccc(O)c(Cl)c3)C2)c1. The number of primary amides is 1. The van der Waals surface area contributed by atoms with E-state index < -0.39 is 5.91 Å². The van der Waals surface area contributed by atoms with Gasteiger partial charge in [-0.1, -0.05) is 29.8 Å². The van der Waals surface area contributed by atoms with Crippen molar-refractivity contribution in [1.82, 2.24) is 4.90 Å². The van der Waals surface area contributed by atoms with Gasteiger partial charge in [0.2, 0.25) is 11.8 Å². The minimum atomic E-state index is -0.428. The van der Waals surface area contributed by atoms with Crippen molar-refractivity contribution in [3.05, 3.63) is 64.2 Å². The van der Waals surface area contributed by atoms with Gasteiger partial charge in [0.15, 0.2) is 0 Å². The largest absolute Gasteiger partial charge is 0.506 e. The van der Waals surface area contributed by atoms with E-state index in [0.717, 1.165) is 30.5 Å². The first-order valence-corrected chi connectivity index (χ1v) is 8.94. The fourth-order valence-electron chi connectivity index (χ4n) is 3.36. The average Bonchev–Trinajstić information content (AvgIpc) is 3.07. The number of phenols is 1. The Morgan fingerprint density at radius 2 is 2.00 bits per heavy atom. The Labute approximate surface area is 157 Å². The van der Waals surface area contributed by atoms with Crippen LogP contribution in [0.1, 0.15) is 27.9 Å². The van der Waals surface area contributed by atoms with Gasteiger partial charge in [-0.2, -0.15) is 0 Å². The van der Waals surface area contributed by atoms with Gasteiger partial charge in [0.1, 0.15) is 5.75 Å². The third-order valence-electron chi connectivity index (χ3n) is 4.74. The maximum Gasteiger partial charge on any atom is 0.248 e. The molecule has 1 fully saturated rings. The number of hydrogen-bond donors (Lipinski definition) is 2. The number of benzene rings is 2. The van der Waals surface area contributed by atoms with E-state index in [1.807, 2.05) is 23.1 Å². The zero-order chi connectivity index (χ0) is 18.7. The molecule has 6 heteroatoms. The van der Waals surface area contributed by atoms with E-state index in [-0.39, 0.29) is 23.1 Å². The van der Waals surface area contributed by atoms with E-state index in [0.29, 0.717) is 18.0 Å². The molecule has 1 unspecified atom stereocenters. The number of likely N-dealkylation sites (tertiary alicyclic amines) is 1. The maximum absolute atomic E-state index is 12.5. The van der Waals surface area contributed by atoms with Crippen molar-refractivity contribution in [3.8, 4) is 5.75 Å². The highest BCUT2D eigenvalue weighted by molar-refractivity contribution is 6.32. The van der Waals surface area contributed by atoms with Crippen molar-refractivity contribution in [3.63, 3.8) is 0 Å². The van der Waals surface area contributed by atoms with Crippen molar-refractivity contribution in [1.29, 1.82) is 0 Å². The molecule has 1 heterocycles. The molecule has 0 bridgehead atoms. The first kappa shape index (κ1) is 18.3. The van der Waals surface area contributed by atoms with E-state index in [2.05, 4.69) is 0 Å². The number of phenolic OH excluding ortho intramolecular Hbond substituents is 1. The van der Waals surface area contributed by atoms with E-state index >= 15 is 0 Å². The molecule has 1 atom stereocenters. The molecular weight excluding hydrogens is 352 g/mol. The van der Waals surface area contributed by atoms with Crippen LogP contribution in [0.3, 0.4) is 0 Å². The van der Waals surface area contributed by atoms with Crippen LogP contribution < -0.4 is 5.73 Å². The molecule has 0 spiro atoms. The van der Waals surface area contributed by atoms with Crippen LogP contribution >= 0.6 is 11.6 Å². The Balaban J connectivity index is 1.57. The predicted molar refractivity (Wildman–Crippen MR) is 100 cm³/mol. The molecular formula is C20H21ClN2O3. The topological polar surface area (TPSA) is 83.6 Å². The predicted octanol–water partition coefficient (Wildman–Crippen LogP) is 2.78. The molecule has 136 valence electrons. The lowest BCUT2D eigenvalue weighted by Crippen LogP contribution is -2.30. The Morgan fingerprint density at radius 3 is 2.73 bits per heavy atom. The number of nitrogens with zero attached hydrogens (tertiary/aromatic N) is 1. The van der Waals surface area contributed by atoms with Crippen molar-refractivity contribution >= 4 is 23.4 Å². The number of hydrogen-bond acceptors (Lipinski definition) is 3. The molecule has 2 aromatic rings. The Kier molecular flexibility index (Phi) is 5.47. The average molecular weight is 373 g/mol. The number of halogens is 1. The standard InChI is InChI=1S/C20H21ClN2O3/c21-17-10-14(4-5-18(17)24)11-19(25)23-7-6-15(12-23)8-13-2-1-3-16(9-13)20(22)26/h1-5,9-10,15,24H,6-8,11-12H2,(H2,22,26). The molecule has 5 nitrogen and oxygen atoms in total. The van der Waals surface area contributed by atoms with Crippen LogP contribution in [0, 0.1) is 5.92 Å². The molecule has 0 saturated carbocycles. The van der Waals surface area contributed by atoms with E-state index in [1.54, 1.807) is 18.2 Å². The van der Waals surface area contributed by atoms with Crippen LogP contribution in [0.4, 0.5) is 0 Å². The molecule has 0 aromatic heterocycles. The highest BCUT2D eigenvalue weighted by atomic mass is 35.5. The monoisotopic (exact) mass is 372 g/mol. The summed E-state index contributed by atoms with van der Waals surface area (Å²) in [7, 11) is 0. The molecule has 1 aliphatic heterocycles. The minimum Gasteiger partial charge on any atom is -0.506 e. The number of carbonyl (C=O) groups is 2. The molecule has 0 radical (unpaired) electrons. The highest BCUT2D eigenvalue weighted by Crippen LogP contribution is 2.25. The summed E-state index contributed by atoms with van der Waals surface area (Å²) < 4.78 is 0. The van der Waals surface area contributed by atoms with Crippen molar-refractivity contribution in [2.45, 2.75) is 19.3 Å². The summed E-state index contributed by atoms with van der Waals surface area (Å²) in [5, 5.41) is 9.72. The molecule has 1 saturated heterocycles. The Hall–Kier alpha value is -2.53. The lowest BCUT2D eigenvalue weighted by Gasteiger charge is -2.17. The van der Waals surface area contributed by atoms with E-state index in [4.69, 9.17) is 17.3 Å². The van der Waals surface area contributed by atoms with Gasteiger partial charge in [-0.25, -0.2) is 0 Å². The van der Waals surface area contributed by atoms with Crippen LogP contribution in [0.15, 0.2) is 42.5 Å². The number of carbonyl (C=O) groups excluding carboxylic acids is 2. The van der Waals surface area contributed by atoms with Crippen molar-refractivity contribution in [2.24, 2.45) is 11.7 Å². The summed E-state index contributed by atoms with van der Waals surface area (Å²) in [6, 6.07) is 12.2. The van der Waals surface area contributed by atoms with Gasteiger partial charge in [-0.3, -0.25) is 9.59 Å². The summed E-state index contributed by atoms with van der Waals surface area (Å²) in [6.07, 6.45) is 2.02. The van der Waals surface area contributed by atoms with E-state index in [9.17, 15) is 14.7 Å². The second-order valence-electron chi connectivity index (χ2n) is 6.73. The number of rotatable bonds is 5. The lowest BCUT2D eigenvalue weighted by atomic mass is 9.97. The smallest absolute Gasteiger partial charge is 0.248 e. The molecule has 1 aliphatic rings. The van der Waals surface area contributed by atoms with Crippen molar-refractivity contribution in [2.75, 3.05) is 13.1 Å².